The van der Waals surface area contributed by atoms with E-state index in [0.717, 1.165) is 0 Å². The van der Waals surface area contributed by atoms with Crippen LogP contribution in [0.3, 0.4) is 0 Å². The van der Waals surface area contributed by atoms with Gasteiger partial charge in [-0.3, -0.25) is 9.48 Å². The third kappa shape index (κ3) is 1.67. The first-order chi connectivity index (χ1) is 7.65. The Labute approximate surface area is 100 Å². The van der Waals surface area contributed by atoms with Crippen molar-refractivity contribution in [1.82, 2.24) is 9.78 Å². The quantitative estimate of drug-likeness (QED) is 0.794. The predicted molar refractivity (Wildman–Crippen MR) is 61.7 cm³/mol. The van der Waals surface area contributed by atoms with Gasteiger partial charge >= 0.3 is 0 Å². The molecule has 0 aliphatic heterocycles. The molecule has 0 radical (unpaired) electrons. The lowest BCUT2D eigenvalue weighted by molar-refractivity contribution is 0.111. The monoisotopic (exact) mass is 282 g/mol. The van der Waals surface area contributed by atoms with E-state index >= 15 is 0 Å². The van der Waals surface area contributed by atoms with Crippen molar-refractivity contribution in [2.24, 2.45) is 7.05 Å². The molecule has 0 fully saturated rings. The van der Waals surface area contributed by atoms with Crippen LogP contribution in [-0.2, 0) is 7.05 Å². The number of aryl methyl sites for hydroxylation is 1. The summed E-state index contributed by atoms with van der Waals surface area (Å²) < 4.78 is 15.5. The van der Waals surface area contributed by atoms with Crippen molar-refractivity contribution in [2.75, 3.05) is 0 Å². The average Bonchev–Trinajstić information content (AvgIpc) is 2.55. The Bertz CT molecular complexity index is 551. The summed E-state index contributed by atoms with van der Waals surface area (Å²) >= 11 is 3.25. The second kappa shape index (κ2) is 4.17. The Hall–Kier alpha value is -1.49. The second-order valence-electron chi connectivity index (χ2n) is 3.27. The highest BCUT2D eigenvalue weighted by Crippen LogP contribution is 2.30. The van der Waals surface area contributed by atoms with Crippen LogP contribution in [0.25, 0.3) is 11.3 Å². The van der Waals surface area contributed by atoms with Crippen LogP contribution >= 0.6 is 15.9 Å². The minimum Gasteiger partial charge on any atom is -0.296 e. The maximum Gasteiger partial charge on any atom is 0.169 e. The lowest BCUT2D eigenvalue weighted by atomic mass is 10.1. The van der Waals surface area contributed by atoms with Crippen LogP contribution in [0.4, 0.5) is 4.39 Å². The maximum absolute atomic E-state index is 13.5. The van der Waals surface area contributed by atoms with Gasteiger partial charge in [-0.1, -0.05) is 12.1 Å². The van der Waals surface area contributed by atoms with Gasteiger partial charge in [0.25, 0.3) is 0 Å². The Morgan fingerprint density at radius 1 is 1.44 bits per heavy atom. The second-order valence-corrected chi connectivity index (χ2v) is 4.06. The molecular weight excluding hydrogens is 275 g/mol. The number of aromatic nitrogens is 2. The molecule has 0 aliphatic rings. The summed E-state index contributed by atoms with van der Waals surface area (Å²) in [5.74, 6) is -0.362. The lowest BCUT2D eigenvalue weighted by Crippen LogP contribution is -1.96. The summed E-state index contributed by atoms with van der Waals surface area (Å²) in [4.78, 5) is 10.8. The van der Waals surface area contributed by atoms with Crippen LogP contribution < -0.4 is 0 Å². The number of nitrogens with zero attached hydrogens (tertiary/aromatic N) is 2. The number of aldehydes is 1. The topological polar surface area (TPSA) is 34.9 Å². The van der Waals surface area contributed by atoms with E-state index in [1.807, 2.05) is 0 Å². The van der Waals surface area contributed by atoms with Crippen molar-refractivity contribution >= 4 is 22.2 Å². The standard InChI is InChI=1S/C11H8BrFN2O/c1-15-9(6-16)10(12)11(14-15)7-4-2-3-5-8(7)13/h2-6H,1H3. The van der Waals surface area contributed by atoms with Crippen LogP contribution in [0, 0.1) is 5.82 Å². The fourth-order valence-corrected chi connectivity index (χ4v) is 2.11. The van der Waals surface area contributed by atoms with Crippen molar-refractivity contribution in [3.05, 3.63) is 40.2 Å². The molecule has 0 spiro atoms. The summed E-state index contributed by atoms with van der Waals surface area (Å²) in [6, 6.07) is 6.31. The summed E-state index contributed by atoms with van der Waals surface area (Å²) in [6.07, 6.45) is 0.682. The average molecular weight is 283 g/mol. The van der Waals surface area contributed by atoms with E-state index < -0.39 is 0 Å². The minimum absolute atomic E-state index is 0.362. The van der Waals surface area contributed by atoms with E-state index in [-0.39, 0.29) is 5.82 Å². The summed E-state index contributed by atoms with van der Waals surface area (Å²) in [6.45, 7) is 0. The smallest absolute Gasteiger partial charge is 0.169 e. The van der Waals surface area contributed by atoms with Gasteiger partial charge in [-0.15, -0.1) is 0 Å². The van der Waals surface area contributed by atoms with E-state index in [4.69, 9.17) is 0 Å². The van der Waals surface area contributed by atoms with E-state index in [2.05, 4.69) is 21.0 Å². The van der Waals surface area contributed by atoms with Crippen molar-refractivity contribution in [3.8, 4) is 11.3 Å². The van der Waals surface area contributed by atoms with Crippen LogP contribution in [0.2, 0.25) is 0 Å². The molecule has 1 aromatic heterocycles. The molecule has 82 valence electrons. The van der Waals surface area contributed by atoms with Crippen LogP contribution in [0.1, 0.15) is 10.5 Å². The number of hydrogen-bond acceptors (Lipinski definition) is 2. The molecular formula is C11H8BrFN2O. The normalized spacial score (nSPS) is 10.4. The predicted octanol–water partition coefficient (Wildman–Crippen LogP) is 2.80. The number of halogens is 2. The van der Waals surface area contributed by atoms with Crippen LogP contribution in [0.15, 0.2) is 28.7 Å². The van der Waals surface area contributed by atoms with E-state index in [9.17, 15) is 9.18 Å². The molecule has 0 bridgehead atoms. The molecule has 0 saturated carbocycles. The van der Waals surface area contributed by atoms with Crippen molar-refractivity contribution in [2.45, 2.75) is 0 Å². The number of carbonyl (C=O) groups excluding carboxylic acids is 1. The zero-order valence-electron chi connectivity index (χ0n) is 8.45. The van der Waals surface area contributed by atoms with Gasteiger partial charge in [-0.25, -0.2) is 4.39 Å². The summed E-state index contributed by atoms with van der Waals surface area (Å²) in [5, 5.41) is 4.11. The maximum atomic E-state index is 13.5. The molecule has 3 nitrogen and oxygen atoms in total. The SMILES string of the molecule is Cn1nc(-c2ccccc2F)c(Br)c1C=O. The molecule has 0 aliphatic carbocycles. The summed E-state index contributed by atoms with van der Waals surface area (Å²) in [5.41, 5.74) is 1.19. The first-order valence-corrected chi connectivity index (χ1v) is 5.37. The third-order valence-corrected chi connectivity index (χ3v) is 3.05. The molecule has 0 unspecified atom stereocenters. The Morgan fingerprint density at radius 3 is 2.69 bits per heavy atom. The molecule has 0 N–H and O–H groups in total. The molecule has 5 heteroatoms. The van der Waals surface area contributed by atoms with Crippen molar-refractivity contribution < 1.29 is 9.18 Å². The fourth-order valence-electron chi connectivity index (χ4n) is 1.46. The highest BCUT2D eigenvalue weighted by Gasteiger charge is 2.16. The Kier molecular flexibility index (Phi) is 2.87. The van der Waals surface area contributed by atoms with Crippen LogP contribution in [0.5, 0.6) is 0 Å². The number of hydrogen-bond donors (Lipinski definition) is 0. The molecule has 1 aromatic carbocycles. The molecule has 0 amide bonds. The zero-order chi connectivity index (χ0) is 11.7. The molecule has 1 heterocycles. The number of benzene rings is 1. The first kappa shape index (κ1) is 11.0. The molecule has 2 rings (SSSR count). The van der Waals surface area contributed by atoms with Gasteiger partial charge in [0, 0.05) is 12.6 Å². The van der Waals surface area contributed by atoms with Crippen molar-refractivity contribution in [3.63, 3.8) is 0 Å². The lowest BCUT2D eigenvalue weighted by Gasteiger charge is -1.98. The van der Waals surface area contributed by atoms with E-state index in [1.165, 1.54) is 10.7 Å². The minimum atomic E-state index is -0.362. The van der Waals surface area contributed by atoms with Gasteiger partial charge in [0.15, 0.2) is 6.29 Å². The van der Waals surface area contributed by atoms with Crippen LogP contribution in [-0.4, -0.2) is 16.1 Å². The van der Waals surface area contributed by atoms with Gasteiger partial charge in [-0.2, -0.15) is 5.10 Å². The third-order valence-electron chi connectivity index (χ3n) is 2.27. The zero-order valence-corrected chi connectivity index (χ0v) is 10.0. The summed E-state index contributed by atoms with van der Waals surface area (Å²) in [7, 11) is 1.64. The molecule has 0 saturated heterocycles. The first-order valence-electron chi connectivity index (χ1n) is 4.57. The highest BCUT2D eigenvalue weighted by molar-refractivity contribution is 9.10. The van der Waals surface area contributed by atoms with Gasteiger partial charge < -0.3 is 0 Å². The van der Waals surface area contributed by atoms with Gasteiger partial charge in [0.1, 0.15) is 17.2 Å². The molecule has 2 aromatic rings. The van der Waals surface area contributed by atoms with E-state index in [1.54, 1.807) is 25.2 Å². The molecule has 16 heavy (non-hydrogen) atoms. The number of carbonyl (C=O) groups is 1. The largest absolute Gasteiger partial charge is 0.296 e. The van der Waals surface area contributed by atoms with Gasteiger partial charge in [0.05, 0.1) is 4.47 Å². The van der Waals surface area contributed by atoms with Gasteiger partial charge in [0.2, 0.25) is 0 Å². The highest BCUT2D eigenvalue weighted by atomic mass is 79.9. The van der Waals surface area contributed by atoms with E-state index in [0.29, 0.717) is 27.7 Å². The van der Waals surface area contributed by atoms with Crippen molar-refractivity contribution in [1.29, 1.82) is 0 Å². The van der Waals surface area contributed by atoms with Gasteiger partial charge in [-0.05, 0) is 28.1 Å². The number of rotatable bonds is 2. The fraction of sp³-hybridized carbons (Fsp3) is 0.0909. The molecule has 0 atom stereocenters. The Morgan fingerprint density at radius 2 is 2.12 bits per heavy atom. The Balaban J connectivity index is 2.66.